The summed E-state index contributed by atoms with van der Waals surface area (Å²) in [6.45, 7) is 0.967. The Morgan fingerprint density at radius 1 is 1.14 bits per heavy atom. The van der Waals surface area contributed by atoms with Gasteiger partial charge in [0.15, 0.2) is 0 Å². The third-order valence-corrected chi connectivity index (χ3v) is 3.60. The predicted octanol–water partition coefficient (Wildman–Crippen LogP) is 2.27. The van der Waals surface area contributed by atoms with Crippen LogP contribution in [0.5, 0.6) is 0 Å². The number of aliphatic hydroxyl groups is 1. The number of benzene rings is 2. The number of hydrogen-bond donors (Lipinski definition) is 2. The van der Waals surface area contributed by atoms with Crippen LogP contribution in [0, 0.1) is 0 Å². The normalized spacial score (nSPS) is 12.6. The molecule has 0 aliphatic heterocycles. The second-order valence-corrected chi connectivity index (χ2v) is 5.11. The van der Waals surface area contributed by atoms with Gasteiger partial charge in [0, 0.05) is 5.39 Å². The van der Waals surface area contributed by atoms with Gasteiger partial charge in [0.2, 0.25) is 0 Å². The van der Waals surface area contributed by atoms with Crippen molar-refractivity contribution in [2.75, 3.05) is 13.7 Å². The summed E-state index contributed by atoms with van der Waals surface area (Å²) in [4.78, 5) is 4.80. The molecule has 2 N–H and O–H groups in total. The Morgan fingerprint density at radius 2 is 1.86 bits per heavy atom. The number of nitrogens with zero attached hydrogens (tertiary/aromatic N) is 2. The minimum Gasteiger partial charge on any atom is -0.385 e. The van der Waals surface area contributed by atoms with Gasteiger partial charge in [0.1, 0.15) is 11.8 Å². The number of hydrogen-bond acceptors (Lipinski definition) is 4. The molecule has 1 atom stereocenters. The molecule has 5 heteroatoms. The molecule has 0 radical (unpaired) electrons. The third kappa shape index (κ3) is 3.01. The van der Waals surface area contributed by atoms with Crippen LogP contribution in [0.15, 0.2) is 54.6 Å². The summed E-state index contributed by atoms with van der Waals surface area (Å²) in [6.07, 6.45) is -0.720. The van der Waals surface area contributed by atoms with Crippen LogP contribution in [0.1, 0.15) is 17.4 Å². The Balaban J connectivity index is 1.97. The van der Waals surface area contributed by atoms with Crippen LogP contribution in [0.2, 0.25) is 0 Å². The van der Waals surface area contributed by atoms with E-state index in [0.717, 1.165) is 10.9 Å². The average Bonchev–Trinajstić information content (AvgIpc) is 2.93. The average molecular weight is 297 g/mol. The fourth-order valence-corrected chi connectivity index (χ4v) is 2.54. The Morgan fingerprint density at radius 3 is 2.64 bits per heavy atom. The second-order valence-electron chi connectivity index (χ2n) is 5.11. The Kier molecular flexibility index (Phi) is 4.48. The number of aliphatic hydroxyl groups excluding tert-OH is 1. The molecule has 3 rings (SSSR count). The van der Waals surface area contributed by atoms with Crippen molar-refractivity contribution >= 4 is 10.9 Å². The monoisotopic (exact) mass is 297 g/mol. The molecule has 0 aliphatic rings. The van der Waals surface area contributed by atoms with Gasteiger partial charge in [-0.1, -0.05) is 48.5 Å². The highest BCUT2D eigenvalue weighted by Gasteiger charge is 2.17. The molecule has 0 fully saturated rings. The first-order chi connectivity index (χ1) is 10.8. The number of fused-ring (bicyclic) bond motifs is 1. The summed E-state index contributed by atoms with van der Waals surface area (Å²) in [5.41, 5.74) is 5.52. The molecule has 1 heterocycles. The number of nitrogens with one attached hydrogen (secondary N) is 1. The summed E-state index contributed by atoms with van der Waals surface area (Å²) in [5, 5.41) is 15.9. The molecule has 0 amide bonds. The molecule has 114 valence electrons. The lowest BCUT2D eigenvalue weighted by atomic mass is 10.1. The van der Waals surface area contributed by atoms with E-state index in [9.17, 15) is 5.11 Å². The molecule has 0 bridgehead atoms. The van der Waals surface area contributed by atoms with E-state index >= 15 is 0 Å². The lowest BCUT2D eigenvalue weighted by molar-refractivity contribution is 0.0488. The van der Waals surface area contributed by atoms with E-state index < -0.39 is 6.10 Å². The van der Waals surface area contributed by atoms with Gasteiger partial charge in [-0.3, -0.25) is 4.68 Å². The number of aromatic nitrogens is 2. The molecule has 0 saturated heterocycles. The fourth-order valence-electron chi connectivity index (χ4n) is 2.54. The minimum absolute atomic E-state index is 0.294. The minimum atomic E-state index is -0.720. The highest BCUT2D eigenvalue weighted by Crippen LogP contribution is 2.24. The molecule has 1 aromatic heterocycles. The van der Waals surface area contributed by atoms with E-state index in [2.05, 4.69) is 22.7 Å². The zero-order valence-corrected chi connectivity index (χ0v) is 12.4. The SMILES string of the molecule is CONCC(O)c1nn(Cc2ccccc2)c2ccccc12. The molecule has 22 heavy (non-hydrogen) atoms. The van der Waals surface area contributed by atoms with Crippen LogP contribution in [-0.2, 0) is 11.4 Å². The van der Waals surface area contributed by atoms with Crippen LogP contribution in [0.3, 0.4) is 0 Å². The zero-order valence-electron chi connectivity index (χ0n) is 12.4. The van der Waals surface area contributed by atoms with Crippen molar-refractivity contribution < 1.29 is 9.94 Å². The number of para-hydroxylation sites is 1. The maximum atomic E-state index is 10.3. The molecule has 0 aliphatic carbocycles. The molecular formula is C17H19N3O2. The quantitative estimate of drug-likeness (QED) is 0.685. The fraction of sp³-hybridized carbons (Fsp3) is 0.235. The topological polar surface area (TPSA) is 59.3 Å². The highest BCUT2D eigenvalue weighted by molar-refractivity contribution is 5.82. The molecule has 0 saturated carbocycles. The van der Waals surface area contributed by atoms with E-state index in [1.807, 2.05) is 47.1 Å². The highest BCUT2D eigenvalue weighted by atomic mass is 16.6. The van der Waals surface area contributed by atoms with Crippen molar-refractivity contribution in [1.82, 2.24) is 15.3 Å². The van der Waals surface area contributed by atoms with Crippen LogP contribution >= 0.6 is 0 Å². The largest absolute Gasteiger partial charge is 0.385 e. The van der Waals surface area contributed by atoms with Gasteiger partial charge in [0.05, 0.1) is 25.7 Å². The van der Waals surface area contributed by atoms with Crippen molar-refractivity contribution in [1.29, 1.82) is 0 Å². The molecule has 1 unspecified atom stereocenters. The smallest absolute Gasteiger partial charge is 0.113 e. The summed E-state index contributed by atoms with van der Waals surface area (Å²) < 4.78 is 1.93. The Bertz CT molecular complexity index is 740. The van der Waals surface area contributed by atoms with Gasteiger partial charge in [-0.05, 0) is 11.6 Å². The van der Waals surface area contributed by atoms with Crippen molar-refractivity contribution in [3.8, 4) is 0 Å². The van der Waals surface area contributed by atoms with E-state index in [1.165, 1.54) is 12.7 Å². The first kappa shape index (κ1) is 14.7. The molecule has 2 aromatic carbocycles. The number of rotatable bonds is 6. The Hall–Kier alpha value is -2.21. The number of hydroxylamine groups is 1. The molecule has 0 spiro atoms. The standard InChI is InChI=1S/C17H19N3O2/c1-22-18-11-16(21)17-14-9-5-6-10-15(14)20(19-17)12-13-7-3-2-4-8-13/h2-10,16,18,21H,11-12H2,1H3. The second kappa shape index (κ2) is 6.70. The van der Waals surface area contributed by atoms with Crippen molar-refractivity contribution in [3.63, 3.8) is 0 Å². The van der Waals surface area contributed by atoms with Gasteiger partial charge in [-0.2, -0.15) is 10.6 Å². The van der Waals surface area contributed by atoms with Gasteiger partial charge < -0.3 is 9.94 Å². The van der Waals surface area contributed by atoms with Crippen molar-refractivity contribution in [3.05, 3.63) is 65.9 Å². The summed E-state index contributed by atoms with van der Waals surface area (Å²) >= 11 is 0. The van der Waals surface area contributed by atoms with E-state index in [4.69, 9.17) is 4.84 Å². The summed E-state index contributed by atoms with van der Waals surface area (Å²) in [5.74, 6) is 0. The molecule has 3 aromatic rings. The van der Waals surface area contributed by atoms with Gasteiger partial charge >= 0.3 is 0 Å². The maximum Gasteiger partial charge on any atom is 0.113 e. The van der Waals surface area contributed by atoms with E-state index in [-0.39, 0.29) is 0 Å². The molecule has 5 nitrogen and oxygen atoms in total. The summed E-state index contributed by atoms with van der Waals surface area (Å²) in [6, 6.07) is 18.1. The first-order valence-corrected chi connectivity index (χ1v) is 7.23. The lowest BCUT2D eigenvalue weighted by Crippen LogP contribution is -2.20. The predicted molar refractivity (Wildman–Crippen MR) is 85.2 cm³/mol. The van der Waals surface area contributed by atoms with Gasteiger partial charge in [-0.15, -0.1) is 0 Å². The van der Waals surface area contributed by atoms with Crippen LogP contribution in [0.25, 0.3) is 10.9 Å². The van der Waals surface area contributed by atoms with E-state index in [0.29, 0.717) is 18.8 Å². The molecular weight excluding hydrogens is 278 g/mol. The van der Waals surface area contributed by atoms with Crippen molar-refractivity contribution in [2.45, 2.75) is 12.6 Å². The van der Waals surface area contributed by atoms with E-state index in [1.54, 1.807) is 0 Å². The first-order valence-electron chi connectivity index (χ1n) is 7.23. The maximum absolute atomic E-state index is 10.3. The van der Waals surface area contributed by atoms with Gasteiger partial charge in [-0.25, -0.2) is 0 Å². The van der Waals surface area contributed by atoms with Crippen LogP contribution < -0.4 is 5.48 Å². The third-order valence-electron chi connectivity index (χ3n) is 3.60. The lowest BCUT2D eigenvalue weighted by Gasteiger charge is -2.08. The summed E-state index contributed by atoms with van der Waals surface area (Å²) in [7, 11) is 1.53. The zero-order chi connectivity index (χ0) is 15.4. The van der Waals surface area contributed by atoms with Gasteiger partial charge in [0.25, 0.3) is 0 Å². The van der Waals surface area contributed by atoms with Crippen LogP contribution in [0.4, 0.5) is 0 Å². The van der Waals surface area contributed by atoms with Crippen molar-refractivity contribution in [2.24, 2.45) is 0 Å². The van der Waals surface area contributed by atoms with Crippen LogP contribution in [-0.4, -0.2) is 28.5 Å². The Labute approximate surface area is 129 Å².